The summed E-state index contributed by atoms with van der Waals surface area (Å²) in [5.74, 6) is 3.42. The van der Waals surface area contributed by atoms with E-state index < -0.39 is 22.4 Å². The summed E-state index contributed by atoms with van der Waals surface area (Å²) >= 11 is 0. The standard InChI is InChI=1S/C22H30N8O3S/c1-13-8-16-19(24-9-13)30-6-5-29(10-14(30)11-33-16)21-26-15-4-7-34(32)17(15)18(27-21)28-22(2,3)12-25-20(23)31/h8-9,14H,4-7,10-12H2,1-3H3,(H3,23,25,31)(H,26,27,28). The number of aromatic nitrogens is 3. The number of ether oxygens (including phenoxy) is 1. The zero-order chi connectivity index (χ0) is 24.0. The Hall–Kier alpha value is -3.15. The van der Waals surface area contributed by atoms with Crippen LogP contribution in [0.4, 0.5) is 22.4 Å². The maximum Gasteiger partial charge on any atom is 0.312 e. The molecule has 182 valence electrons. The molecule has 0 aromatic carbocycles. The molecule has 4 N–H and O–H groups in total. The van der Waals surface area contributed by atoms with Crippen LogP contribution in [0, 0.1) is 6.92 Å². The number of pyridine rings is 1. The number of nitrogens with one attached hydrogen (secondary N) is 2. The molecule has 5 rings (SSSR count). The third-order valence-corrected chi connectivity index (χ3v) is 7.73. The first-order valence-corrected chi connectivity index (χ1v) is 12.7. The minimum Gasteiger partial charge on any atom is -0.487 e. The Balaban J connectivity index is 1.40. The van der Waals surface area contributed by atoms with Gasteiger partial charge in [0.05, 0.1) is 28.1 Å². The Labute approximate surface area is 200 Å². The summed E-state index contributed by atoms with van der Waals surface area (Å²) in [4.78, 5) is 30.5. The van der Waals surface area contributed by atoms with Gasteiger partial charge in [0.2, 0.25) is 5.95 Å². The van der Waals surface area contributed by atoms with Crippen LogP contribution in [0.1, 0.15) is 25.1 Å². The molecule has 34 heavy (non-hydrogen) atoms. The van der Waals surface area contributed by atoms with E-state index in [2.05, 4.69) is 25.4 Å². The molecule has 3 aliphatic heterocycles. The van der Waals surface area contributed by atoms with Gasteiger partial charge in [-0.3, -0.25) is 4.21 Å². The van der Waals surface area contributed by atoms with Gasteiger partial charge in [-0.2, -0.15) is 4.98 Å². The number of fused-ring (bicyclic) bond motifs is 4. The van der Waals surface area contributed by atoms with Gasteiger partial charge in [0.15, 0.2) is 11.6 Å². The molecule has 0 radical (unpaired) electrons. The summed E-state index contributed by atoms with van der Waals surface area (Å²) < 4.78 is 18.7. The van der Waals surface area contributed by atoms with Crippen molar-refractivity contribution in [3.05, 3.63) is 23.5 Å². The number of amides is 2. The predicted octanol–water partition coefficient (Wildman–Crippen LogP) is 0.790. The number of aryl methyl sites for hydroxylation is 2. The van der Waals surface area contributed by atoms with E-state index in [1.54, 1.807) is 0 Å². The van der Waals surface area contributed by atoms with Crippen molar-refractivity contribution in [3.63, 3.8) is 0 Å². The first-order valence-electron chi connectivity index (χ1n) is 11.4. The smallest absolute Gasteiger partial charge is 0.312 e. The number of rotatable bonds is 5. The molecule has 0 aliphatic carbocycles. The lowest BCUT2D eigenvalue weighted by Crippen LogP contribution is -2.58. The molecular weight excluding hydrogens is 456 g/mol. The van der Waals surface area contributed by atoms with Gasteiger partial charge in [0, 0.05) is 44.5 Å². The lowest BCUT2D eigenvalue weighted by atomic mass is 10.1. The summed E-state index contributed by atoms with van der Waals surface area (Å²) in [5, 5.41) is 6.00. The molecule has 0 saturated carbocycles. The summed E-state index contributed by atoms with van der Waals surface area (Å²) in [6.07, 6.45) is 2.52. The minimum atomic E-state index is -1.16. The number of carbonyl (C=O) groups is 1. The number of nitrogens with zero attached hydrogens (tertiary/aromatic N) is 5. The quantitative estimate of drug-likeness (QED) is 0.560. The monoisotopic (exact) mass is 486 g/mol. The van der Waals surface area contributed by atoms with Crippen LogP contribution in [-0.2, 0) is 17.2 Å². The molecule has 2 unspecified atom stereocenters. The normalized spacial score (nSPS) is 21.3. The Bertz CT molecular complexity index is 1160. The first kappa shape index (κ1) is 22.6. The first-order chi connectivity index (χ1) is 16.2. The molecule has 2 amide bonds. The molecule has 0 bridgehead atoms. The third kappa shape index (κ3) is 4.33. The van der Waals surface area contributed by atoms with E-state index in [-0.39, 0.29) is 6.04 Å². The number of anilines is 3. The van der Waals surface area contributed by atoms with Crippen LogP contribution < -0.4 is 30.9 Å². The van der Waals surface area contributed by atoms with Gasteiger partial charge in [-0.25, -0.2) is 14.8 Å². The molecular formula is C22H30N8O3S. The van der Waals surface area contributed by atoms with Crippen LogP contribution in [0.15, 0.2) is 17.2 Å². The maximum absolute atomic E-state index is 12.7. The van der Waals surface area contributed by atoms with Crippen molar-refractivity contribution < 1.29 is 13.7 Å². The Morgan fingerprint density at radius 3 is 2.97 bits per heavy atom. The summed E-state index contributed by atoms with van der Waals surface area (Å²) in [5.41, 5.74) is 6.58. The second kappa shape index (κ2) is 8.57. The number of carbonyl (C=O) groups excluding carboxylic acids is 1. The Morgan fingerprint density at radius 2 is 2.18 bits per heavy atom. The zero-order valence-electron chi connectivity index (χ0n) is 19.6. The van der Waals surface area contributed by atoms with Crippen LogP contribution in [-0.4, -0.2) is 75.3 Å². The Kier molecular flexibility index (Phi) is 5.70. The molecule has 11 nitrogen and oxygen atoms in total. The van der Waals surface area contributed by atoms with Crippen molar-refractivity contribution in [2.45, 2.75) is 43.7 Å². The maximum atomic E-state index is 12.7. The van der Waals surface area contributed by atoms with E-state index in [9.17, 15) is 9.00 Å². The molecule has 1 fully saturated rings. The van der Waals surface area contributed by atoms with Gasteiger partial charge in [-0.05, 0) is 32.4 Å². The number of piperazine rings is 1. The second-order valence-electron chi connectivity index (χ2n) is 9.61. The van der Waals surface area contributed by atoms with Gasteiger partial charge in [-0.15, -0.1) is 0 Å². The second-order valence-corrected chi connectivity index (χ2v) is 11.1. The van der Waals surface area contributed by atoms with Gasteiger partial charge in [0.25, 0.3) is 0 Å². The van der Waals surface area contributed by atoms with E-state index >= 15 is 0 Å². The molecule has 1 saturated heterocycles. The number of nitrogens with two attached hydrogens (primary N) is 1. The lowest BCUT2D eigenvalue weighted by Gasteiger charge is -2.44. The van der Waals surface area contributed by atoms with E-state index in [0.717, 1.165) is 35.9 Å². The van der Waals surface area contributed by atoms with Gasteiger partial charge in [-0.1, -0.05) is 0 Å². The van der Waals surface area contributed by atoms with Gasteiger partial charge in [0.1, 0.15) is 17.3 Å². The van der Waals surface area contributed by atoms with Crippen molar-refractivity contribution >= 4 is 34.4 Å². The predicted molar refractivity (Wildman–Crippen MR) is 130 cm³/mol. The van der Waals surface area contributed by atoms with Gasteiger partial charge < -0.3 is 30.9 Å². The highest BCUT2D eigenvalue weighted by Gasteiger charge is 2.36. The van der Waals surface area contributed by atoms with Crippen molar-refractivity contribution in [2.75, 3.05) is 53.7 Å². The molecule has 2 aromatic heterocycles. The highest BCUT2D eigenvalue weighted by Crippen LogP contribution is 2.36. The highest BCUT2D eigenvalue weighted by atomic mass is 32.2. The molecule has 5 heterocycles. The van der Waals surface area contributed by atoms with E-state index in [1.165, 1.54) is 0 Å². The van der Waals surface area contributed by atoms with Crippen molar-refractivity contribution in [1.82, 2.24) is 20.3 Å². The SMILES string of the molecule is Cc1cnc2c(c1)OCC1CN(c3nc4c(c(NC(C)(C)CNC(N)=O)n3)S(=O)CC4)CCN21. The summed E-state index contributed by atoms with van der Waals surface area (Å²) in [6.45, 7) is 8.95. The zero-order valence-corrected chi connectivity index (χ0v) is 20.4. The topological polar surface area (TPSA) is 139 Å². The van der Waals surface area contributed by atoms with Crippen LogP contribution in [0.2, 0.25) is 0 Å². The molecule has 0 spiro atoms. The lowest BCUT2D eigenvalue weighted by molar-refractivity contribution is 0.247. The molecule has 2 aromatic rings. The van der Waals surface area contributed by atoms with Crippen LogP contribution in [0.5, 0.6) is 5.75 Å². The number of hydrogen-bond donors (Lipinski definition) is 3. The molecule has 12 heteroatoms. The van der Waals surface area contributed by atoms with Gasteiger partial charge >= 0.3 is 6.03 Å². The van der Waals surface area contributed by atoms with E-state index in [1.807, 2.05) is 33.0 Å². The van der Waals surface area contributed by atoms with Crippen molar-refractivity contribution in [1.29, 1.82) is 0 Å². The fraction of sp³-hybridized carbons (Fsp3) is 0.545. The minimum absolute atomic E-state index is 0.134. The van der Waals surface area contributed by atoms with Crippen LogP contribution >= 0.6 is 0 Å². The number of urea groups is 1. The van der Waals surface area contributed by atoms with Crippen molar-refractivity contribution in [3.8, 4) is 5.75 Å². The molecule has 2 atom stereocenters. The third-order valence-electron chi connectivity index (χ3n) is 6.28. The average molecular weight is 487 g/mol. The number of hydrogen-bond acceptors (Lipinski definition) is 9. The fourth-order valence-electron chi connectivity index (χ4n) is 4.58. The highest BCUT2D eigenvalue weighted by molar-refractivity contribution is 7.85. The molecule has 3 aliphatic rings. The van der Waals surface area contributed by atoms with Crippen molar-refractivity contribution in [2.24, 2.45) is 5.73 Å². The van der Waals surface area contributed by atoms with E-state index in [4.69, 9.17) is 20.4 Å². The van der Waals surface area contributed by atoms with Crippen LogP contribution in [0.3, 0.4) is 0 Å². The average Bonchev–Trinajstić information content (AvgIpc) is 3.18. The summed E-state index contributed by atoms with van der Waals surface area (Å²) in [7, 11) is -1.16. The van der Waals surface area contributed by atoms with E-state index in [0.29, 0.717) is 48.5 Å². The largest absolute Gasteiger partial charge is 0.487 e. The Morgan fingerprint density at radius 1 is 1.35 bits per heavy atom. The number of primary amides is 1. The van der Waals surface area contributed by atoms with Crippen LogP contribution in [0.25, 0.3) is 0 Å². The summed E-state index contributed by atoms with van der Waals surface area (Å²) in [6, 6.07) is 1.57. The fourth-order valence-corrected chi connectivity index (χ4v) is 5.89.